The lowest BCUT2D eigenvalue weighted by Crippen LogP contribution is -2.30. The number of amides is 1. The lowest BCUT2D eigenvalue weighted by molar-refractivity contribution is 0.0918. The topological polar surface area (TPSA) is 95.1 Å². The lowest BCUT2D eigenvalue weighted by atomic mass is 10.0. The zero-order valence-electron chi connectivity index (χ0n) is 14.8. The number of nitrogens with zero attached hydrogens (tertiary/aromatic N) is 1. The van der Waals surface area contributed by atoms with Crippen molar-refractivity contribution in [3.63, 3.8) is 0 Å². The molecule has 0 bridgehead atoms. The molecule has 1 aromatic heterocycles. The molecule has 138 valence electrons. The molecular weight excluding hydrogens is 342 g/mol. The Balaban J connectivity index is 1.81. The number of imidazole rings is 1. The summed E-state index contributed by atoms with van der Waals surface area (Å²) in [5, 5.41) is 12.1. The highest BCUT2D eigenvalue weighted by Crippen LogP contribution is 2.19. The van der Waals surface area contributed by atoms with Gasteiger partial charge in [-0.25, -0.2) is 4.98 Å². The van der Waals surface area contributed by atoms with Crippen LogP contribution in [-0.4, -0.2) is 33.4 Å². The number of aromatic amines is 1. The number of hydrogen-bond acceptors (Lipinski definition) is 4. The molecule has 1 heterocycles. The van der Waals surface area contributed by atoms with Crippen molar-refractivity contribution in [3.05, 3.63) is 89.5 Å². The number of carbonyl (C=O) groups excluding carboxylic acids is 2. The Morgan fingerprint density at radius 2 is 1.70 bits per heavy atom. The summed E-state index contributed by atoms with van der Waals surface area (Å²) in [7, 11) is 0. The van der Waals surface area contributed by atoms with Gasteiger partial charge in [0.25, 0.3) is 5.91 Å². The maximum atomic E-state index is 12.8. The van der Waals surface area contributed by atoms with Crippen molar-refractivity contribution in [2.75, 3.05) is 6.61 Å². The van der Waals surface area contributed by atoms with Gasteiger partial charge >= 0.3 is 0 Å². The smallest absolute Gasteiger partial charge is 0.270 e. The molecule has 6 heteroatoms. The van der Waals surface area contributed by atoms with Gasteiger partial charge in [0.1, 0.15) is 11.4 Å². The van der Waals surface area contributed by atoms with Crippen LogP contribution in [0, 0.1) is 0 Å². The van der Waals surface area contributed by atoms with Crippen LogP contribution in [0.3, 0.4) is 0 Å². The molecule has 3 rings (SSSR count). The van der Waals surface area contributed by atoms with E-state index in [0.29, 0.717) is 18.4 Å². The molecule has 0 spiro atoms. The summed E-state index contributed by atoms with van der Waals surface area (Å²) < 4.78 is 0. The molecule has 0 radical (unpaired) electrons. The van der Waals surface area contributed by atoms with E-state index in [1.165, 1.54) is 6.33 Å². The number of hydrogen-bond donors (Lipinski definition) is 3. The summed E-state index contributed by atoms with van der Waals surface area (Å²) in [6.07, 6.45) is 2.48. The number of nitrogens with one attached hydrogen (secondary N) is 2. The van der Waals surface area contributed by atoms with E-state index in [9.17, 15) is 9.59 Å². The normalized spacial score (nSPS) is 11.7. The second kappa shape index (κ2) is 8.91. The summed E-state index contributed by atoms with van der Waals surface area (Å²) in [6, 6.07) is 18.0. The maximum absolute atomic E-state index is 12.8. The van der Waals surface area contributed by atoms with E-state index in [2.05, 4.69) is 15.3 Å². The van der Waals surface area contributed by atoms with E-state index >= 15 is 0 Å². The summed E-state index contributed by atoms with van der Waals surface area (Å²) in [5.74, 6) is -0.716. The van der Waals surface area contributed by atoms with Crippen LogP contribution < -0.4 is 5.32 Å². The second-order valence-electron chi connectivity index (χ2n) is 6.12. The van der Waals surface area contributed by atoms with Crippen LogP contribution in [0.5, 0.6) is 0 Å². The Morgan fingerprint density at radius 1 is 1.04 bits per heavy atom. The third-order valence-corrected chi connectivity index (χ3v) is 4.28. The minimum absolute atomic E-state index is 0.0427. The minimum Gasteiger partial charge on any atom is -0.396 e. The van der Waals surface area contributed by atoms with Crippen molar-refractivity contribution in [1.82, 2.24) is 15.3 Å². The van der Waals surface area contributed by atoms with E-state index in [1.54, 1.807) is 24.3 Å². The molecule has 27 heavy (non-hydrogen) atoms. The highest BCUT2D eigenvalue weighted by atomic mass is 16.3. The van der Waals surface area contributed by atoms with E-state index in [1.807, 2.05) is 36.4 Å². The number of benzene rings is 2. The van der Waals surface area contributed by atoms with Gasteiger partial charge in [-0.3, -0.25) is 9.59 Å². The molecular formula is C21H21N3O3. The molecule has 6 nitrogen and oxygen atoms in total. The van der Waals surface area contributed by atoms with Crippen molar-refractivity contribution in [1.29, 1.82) is 0 Å². The van der Waals surface area contributed by atoms with Gasteiger partial charge in [-0.15, -0.1) is 0 Å². The fourth-order valence-corrected chi connectivity index (χ4v) is 2.90. The Hall–Kier alpha value is -3.25. The highest BCUT2D eigenvalue weighted by Gasteiger charge is 2.23. The first-order chi connectivity index (χ1) is 13.2. The number of ketones is 1. The molecule has 2 aromatic carbocycles. The Morgan fingerprint density at radius 3 is 2.37 bits per heavy atom. The van der Waals surface area contributed by atoms with Crippen LogP contribution in [0.2, 0.25) is 0 Å². The van der Waals surface area contributed by atoms with Crippen molar-refractivity contribution in [2.24, 2.45) is 0 Å². The zero-order valence-corrected chi connectivity index (χ0v) is 14.8. The SMILES string of the molecule is O=C(c1ccccc1)c1nc[nH]c1C(=O)N[C@H](CCCO)c1ccccc1. The summed E-state index contributed by atoms with van der Waals surface area (Å²) in [5.41, 5.74) is 1.63. The number of aliphatic hydroxyl groups excluding tert-OH is 1. The predicted octanol–water partition coefficient (Wildman–Crippen LogP) is 2.88. The zero-order chi connectivity index (χ0) is 19.1. The molecule has 3 N–H and O–H groups in total. The van der Waals surface area contributed by atoms with Crippen LogP contribution >= 0.6 is 0 Å². The van der Waals surface area contributed by atoms with Crippen LogP contribution in [0.25, 0.3) is 0 Å². The van der Waals surface area contributed by atoms with Crippen molar-refractivity contribution < 1.29 is 14.7 Å². The molecule has 0 saturated heterocycles. The van der Waals surface area contributed by atoms with Gasteiger partial charge < -0.3 is 15.4 Å². The highest BCUT2D eigenvalue weighted by molar-refractivity contribution is 6.13. The van der Waals surface area contributed by atoms with Gasteiger partial charge in [-0.1, -0.05) is 60.7 Å². The lowest BCUT2D eigenvalue weighted by Gasteiger charge is -2.19. The maximum Gasteiger partial charge on any atom is 0.270 e. The standard InChI is InChI=1S/C21H21N3O3/c25-13-7-12-17(15-8-3-1-4-9-15)24-21(27)19-18(22-14-23-19)20(26)16-10-5-2-6-11-16/h1-6,8-11,14,17,25H,7,12-13H2,(H,22,23)(H,24,27)/t17-/m1/s1. The molecule has 1 atom stereocenters. The average molecular weight is 363 g/mol. The molecule has 0 aliphatic rings. The van der Waals surface area contributed by atoms with E-state index in [-0.39, 0.29) is 29.8 Å². The number of rotatable bonds is 8. The van der Waals surface area contributed by atoms with Gasteiger partial charge in [0, 0.05) is 12.2 Å². The predicted molar refractivity (Wildman–Crippen MR) is 101 cm³/mol. The number of aliphatic hydroxyl groups is 1. The van der Waals surface area contributed by atoms with Gasteiger partial charge in [0.2, 0.25) is 5.78 Å². The van der Waals surface area contributed by atoms with E-state index < -0.39 is 5.91 Å². The Kier molecular flexibility index (Phi) is 6.12. The van der Waals surface area contributed by atoms with Gasteiger partial charge in [0.05, 0.1) is 12.4 Å². The van der Waals surface area contributed by atoms with Gasteiger partial charge in [-0.2, -0.15) is 0 Å². The van der Waals surface area contributed by atoms with Crippen LogP contribution in [-0.2, 0) is 0 Å². The van der Waals surface area contributed by atoms with Gasteiger partial charge in [0.15, 0.2) is 0 Å². The molecule has 3 aromatic rings. The summed E-state index contributed by atoms with van der Waals surface area (Å²) in [4.78, 5) is 32.3. The summed E-state index contributed by atoms with van der Waals surface area (Å²) >= 11 is 0. The first-order valence-corrected chi connectivity index (χ1v) is 8.80. The second-order valence-corrected chi connectivity index (χ2v) is 6.12. The average Bonchev–Trinajstić information content (AvgIpc) is 3.21. The molecule has 0 fully saturated rings. The molecule has 1 amide bonds. The first kappa shape index (κ1) is 18.5. The van der Waals surface area contributed by atoms with Crippen LogP contribution in [0.1, 0.15) is 51.0 Å². The van der Waals surface area contributed by atoms with Crippen molar-refractivity contribution >= 4 is 11.7 Å². The van der Waals surface area contributed by atoms with E-state index in [4.69, 9.17) is 5.11 Å². The Labute approximate surface area is 157 Å². The monoisotopic (exact) mass is 363 g/mol. The van der Waals surface area contributed by atoms with E-state index in [0.717, 1.165) is 5.56 Å². The fraction of sp³-hybridized carbons (Fsp3) is 0.190. The molecule has 0 saturated carbocycles. The van der Waals surface area contributed by atoms with Crippen molar-refractivity contribution in [2.45, 2.75) is 18.9 Å². The van der Waals surface area contributed by atoms with Crippen molar-refractivity contribution in [3.8, 4) is 0 Å². The number of aromatic nitrogens is 2. The Bertz CT molecular complexity index is 891. The first-order valence-electron chi connectivity index (χ1n) is 8.80. The quantitative estimate of drug-likeness (QED) is 0.536. The number of H-pyrrole nitrogens is 1. The minimum atomic E-state index is -0.404. The fourth-order valence-electron chi connectivity index (χ4n) is 2.90. The molecule has 0 unspecified atom stereocenters. The van der Waals surface area contributed by atoms with Crippen LogP contribution in [0.4, 0.5) is 0 Å². The largest absolute Gasteiger partial charge is 0.396 e. The number of carbonyl (C=O) groups is 2. The third kappa shape index (κ3) is 4.48. The summed E-state index contributed by atoms with van der Waals surface area (Å²) in [6.45, 7) is 0.0427. The van der Waals surface area contributed by atoms with Crippen LogP contribution in [0.15, 0.2) is 67.0 Å². The third-order valence-electron chi connectivity index (χ3n) is 4.28. The molecule has 0 aliphatic carbocycles. The molecule has 0 aliphatic heterocycles. The van der Waals surface area contributed by atoms with Gasteiger partial charge in [-0.05, 0) is 18.4 Å².